The molecule has 0 aliphatic heterocycles. The number of hydrogen-bond donors (Lipinski definition) is 3. The average molecular weight is 320 g/mol. The number of carbonyl (C=O) groups excluding carboxylic acids is 1. The Hall–Kier alpha value is -2.65. The largest absolute Gasteiger partial charge is 0.411 e. The van der Waals surface area contributed by atoms with E-state index in [2.05, 4.69) is 10.2 Å². The minimum atomic E-state index is -0.170. The maximum absolute atomic E-state index is 12.3. The highest BCUT2D eigenvalue weighted by molar-refractivity contribution is 6.00. The molecule has 0 aliphatic rings. The Bertz CT molecular complexity index is 745. The summed E-state index contributed by atoms with van der Waals surface area (Å²) < 4.78 is -0.170. The van der Waals surface area contributed by atoms with Gasteiger partial charge < -0.3 is 15.8 Å². The fraction of sp³-hybridized carbons (Fsp3) is 0.357. The quantitative estimate of drug-likeness (QED) is 0.182. The summed E-state index contributed by atoms with van der Waals surface area (Å²) in [5.41, 5.74) is 7.12. The van der Waals surface area contributed by atoms with E-state index in [1.54, 1.807) is 39.2 Å². The highest BCUT2D eigenvalue weighted by atomic mass is 16.5. The molecule has 23 heavy (non-hydrogen) atoms. The second-order valence-electron chi connectivity index (χ2n) is 5.68. The normalized spacial score (nSPS) is 12.6. The van der Waals surface area contributed by atoms with E-state index in [0.29, 0.717) is 23.0 Å². The van der Waals surface area contributed by atoms with Crippen LogP contribution in [0.15, 0.2) is 29.5 Å². The molecular formula is C14H22N7O2+. The summed E-state index contributed by atoms with van der Waals surface area (Å²) in [6.07, 6.45) is 1.84. The zero-order valence-corrected chi connectivity index (χ0v) is 13.5. The zero-order chi connectivity index (χ0) is 17.2. The molecule has 1 amide bonds. The number of benzene rings is 1. The number of rotatable bonds is 5. The van der Waals surface area contributed by atoms with E-state index in [1.165, 1.54) is 11.1 Å². The van der Waals surface area contributed by atoms with Crippen molar-refractivity contribution in [3.05, 3.63) is 24.4 Å². The average Bonchev–Trinajstić information content (AvgIpc) is 2.83. The van der Waals surface area contributed by atoms with Crippen LogP contribution in [0.5, 0.6) is 0 Å². The van der Waals surface area contributed by atoms with Gasteiger partial charge in [-0.25, -0.2) is 0 Å². The van der Waals surface area contributed by atoms with Crippen molar-refractivity contribution in [3.63, 3.8) is 0 Å². The van der Waals surface area contributed by atoms with Crippen molar-refractivity contribution in [2.24, 2.45) is 16.7 Å². The fourth-order valence-electron chi connectivity index (χ4n) is 2.21. The van der Waals surface area contributed by atoms with Gasteiger partial charge in [-0.15, -0.1) is 14.6 Å². The summed E-state index contributed by atoms with van der Waals surface area (Å²) in [7, 11) is 3.33. The number of amides is 1. The van der Waals surface area contributed by atoms with Crippen LogP contribution in [-0.2, 0) is 4.79 Å². The van der Waals surface area contributed by atoms with Crippen molar-refractivity contribution in [3.8, 4) is 0 Å². The number of anilines is 1. The molecule has 9 heteroatoms. The van der Waals surface area contributed by atoms with Crippen LogP contribution in [0.3, 0.4) is 0 Å². The van der Waals surface area contributed by atoms with Gasteiger partial charge in [-0.3, -0.25) is 4.79 Å². The Morgan fingerprint density at radius 2 is 2.17 bits per heavy atom. The zero-order valence-electron chi connectivity index (χ0n) is 13.5. The molecule has 0 spiro atoms. The minimum absolute atomic E-state index is 0.0961. The molecular weight excluding hydrogens is 298 g/mol. The van der Waals surface area contributed by atoms with Gasteiger partial charge in [0.15, 0.2) is 5.84 Å². The molecule has 5 N–H and O–H groups in total. The van der Waals surface area contributed by atoms with E-state index >= 15 is 0 Å². The predicted molar refractivity (Wildman–Crippen MR) is 87.5 cm³/mol. The van der Waals surface area contributed by atoms with E-state index in [0.717, 1.165) is 4.85 Å². The monoisotopic (exact) mass is 320 g/mol. The van der Waals surface area contributed by atoms with Crippen LogP contribution in [0.2, 0.25) is 0 Å². The first-order chi connectivity index (χ1) is 10.7. The number of nitrogens with zero attached hydrogens (tertiary/aromatic N) is 5. The summed E-state index contributed by atoms with van der Waals surface area (Å²) in [6.45, 7) is 1.90. The Labute approximate surface area is 133 Å². The van der Waals surface area contributed by atoms with Gasteiger partial charge in [0.1, 0.15) is 19.6 Å². The topological polar surface area (TPSA) is 123 Å². The standard InChI is InChI=1S/C14H22N7O2/c1-4-14(22)19(9-13(15)18-21(2,3)16)11-5-6-12-10(7-11)8-17-20(12)23/h5-8,23H,4,9,16H2,1-3H3,(H2,15,18)/q+1. The number of quaternary nitrogens is 1. The number of hydrogen-bond acceptors (Lipinski definition) is 5. The first kappa shape index (κ1) is 16.7. The second-order valence-corrected chi connectivity index (χ2v) is 5.68. The predicted octanol–water partition coefficient (Wildman–Crippen LogP) is 0.239. The molecule has 2 rings (SSSR count). The molecule has 0 fully saturated rings. The third kappa shape index (κ3) is 3.96. The molecule has 0 unspecified atom stereocenters. The van der Waals surface area contributed by atoms with Crippen molar-refractivity contribution in [1.29, 1.82) is 0 Å². The van der Waals surface area contributed by atoms with Crippen molar-refractivity contribution >= 4 is 28.3 Å². The van der Waals surface area contributed by atoms with E-state index in [1.807, 2.05) is 0 Å². The van der Waals surface area contributed by atoms with Gasteiger partial charge in [0.05, 0.1) is 12.7 Å². The molecule has 2 aromatic rings. The van der Waals surface area contributed by atoms with E-state index in [4.69, 9.17) is 11.6 Å². The lowest BCUT2D eigenvalue weighted by Gasteiger charge is -2.23. The molecule has 1 aromatic heterocycles. The van der Waals surface area contributed by atoms with Crippen LogP contribution in [0, 0.1) is 0 Å². The smallest absolute Gasteiger partial charge is 0.227 e. The van der Waals surface area contributed by atoms with Crippen LogP contribution in [0.4, 0.5) is 5.69 Å². The van der Waals surface area contributed by atoms with Gasteiger partial charge in [-0.1, -0.05) is 6.92 Å². The summed E-state index contributed by atoms with van der Waals surface area (Å²) in [5.74, 6) is 5.92. The third-order valence-corrected chi connectivity index (χ3v) is 3.15. The summed E-state index contributed by atoms with van der Waals surface area (Å²) >= 11 is 0. The molecule has 0 radical (unpaired) electrons. The second kappa shape index (κ2) is 6.23. The number of amidine groups is 1. The first-order valence-electron chi connectivity index (χ1n) is 7.16. The molecule has 9 nitrogen and oxygen atoms in total. The highest BCUT2D eigenvalue weighted by Crippen LogP contribution is 2.22. The van der Waals surface area contributed by atoms with Gasteiger partial charge in [-0.05, 0) is 23.3 Å². The number of fused-ring (bicyclic) bond motifs is 1. The molecule has 1 aromatic carbocycles. The third-order valence-electron chi connectivity index (χ3n) is 3.15. The minimum Gasteiger partial charge on any atom is -0.411 e. The first-order valence-corrected chi connectivity index (χ1v) is 7.16. The van der Waals surface area contributed by atoms with Gasteiger partial charge in [0.25, 0.3) is 0 Å². The van der Waals surface area contributed by atoms with Gasteiger partial charge in [0, 0.05) is 17.5 Å². The van der Waals surface area contributed by atoms with Crippen molar-refractivity contribution in [2.45, 2.75) is 13.3 Å². The Morgan fingerprint density at radius 3 is 2.78 bits per heavy atom. The lowest BCUT2D eigenvalue weighted by Crippen LogP contribution is -2.46. The summed E-state index contributed by atoms with van der Waals surface area (Å²) in [6, 6.07) is 5.17. The molecule has 0 atom stereocenters. The maximum atomic E-state index is 12.3. The van der Waals surface area contributed by atoms with E-state index in [-0.39, 0.29) is 23.0 Å². The van der Waals surface area contributed by atoms with Crippen molar-refractivity contribution < 1.29 is 14.7 Å². The number of carbonyl (C=O) groups is 1. The summed E-state index contributed by atoms with van der Waals surface area (Å²) in [4.78, 5) is 14.6. The van der Waals surface area contributed by atoms with Crippen LogP contribution >= 0.6 is 0 Å². The van der Waals surface area contributed by atoms with Gasteiger partial charge in [0.2, 0.25) is 5.91 Å². The SMILES string of the molecule is CCC(=O)N(C/C(N)=N/[N+](C)(C)N)c1ccc2c(cnn2O)c1. The molecule has 0 saturated carbocycles. The van der Waals surface area contributed by atoms with Gasteiger partial charge >= 0.3 is 0 Å². The van der Waals surface area contributed by atoms with Crippen LogP contribution in [-0.4, -0.2) is 52.2 Å². The lowest BCUT2D eigenvalue weighted by molar-refractivity contribution is -0.909. The Kier molecular flexibility index (Phi) is 4.52. The molecule has 124 valence electrons. The van der Waals surface area contributed by atoms with Crippen molar-refractivity contribution in [2.75, 3.05) is 25.5 Å². The number of nitrogens with two attached hydrogens (primary N) is 2. The fourth-order valence-corrected chi connectivity index (χ4v) is 2.21. The number of aromatic nitrogens is 2. The molecule has 0 saturated heterocycles. The lowest BCUT2D eigenvalue weighted by atomic mass is 10.2. The van der Waals surface area contributed by atoms with Crippen LogP contribution in [0.1, 0.15) is 13.3 Å². The Morgan fingerprint density at radius 1 is 1.48 bits per heavy atom. The summed E-state index contributed by atoms with van der Waals surface area (Å²) in [5, 5.41) is 18.1. The Balaban J connectivity index is 2.37. The van der Waals surface area contributed by atoms with Gasteiger partial charge in [-0.2, -0.15) is 5.84 Å². The van der Waals surface area contributed by atoms with Crippen LogP contribution < -0.4 is 16.5 Å². The molecule has 1 heterocycles. The molecule has 0 aliphatic carbocycles. The van der Waals surface area contributed by atoms with E-state index < -0.39 is 0 Å². The maximum Gasteiger partial charge on any atom is 0.227 e. The van der Waals surface area contributed by atoms with Crippen LogP contribution in [0.25, 0.3) is 10.9 Å². The van der Waals surface area contributed by atoms with Crippen molar-refractivity contribution in [1.82, 2.24) is 9.94 Å². The molecule has 0 bridgehead atoms. The van der Waals surface area contributed by atoms with E-state index in [9.17, 15) is 10.0 Å². The highest BCUT2D eigenvalue weighted by Gasteiger charge is 2.18.